The maximum absolute atomic E-state index is 11.8. The average Bonchev–Trinajstić information content (AvgIpc) is 2.94. The summed E-state index contributed by atoms with van der Waals surface area (Å²) in [6.07, 6.45) is 3.54. The van der Waals surface area contributed by atoms with Crippen molar-refractivity contribution in [2.24, 2.45) is 0 Å². The molecule has 6 nitrogen and oxygen atoms in total. The molecule has 2 fully saturated rings. The topological polar surface area (TPSA) is 54.9 Å². The molecule has 2 saturated heterocycles. The Morgan fingerprint density at radius 1 is 1.22 bits per heavy atom. The Hall–Kier alpha value is -2.60. The highest BCUT2D eigenvalue weighted by Crippen LogP contribution is 2.32. The van der Waals surface area contributed by atoms with Crippen LogP contribution < -0.4 is 4.74 Å². The van der Waals surface area contributed by atoms with Crippen LogP contribution >= 0.6 is 0 Å². The van der Waals surface area contributed by atoms with Crippen molar-refractivity contribution in [3.05, 3.63) is 59.9 Å². The van der Waals surface area contributed by atoms with E-state index in [-0.39, 0.29) is 11.7 Å². The second kappa shape index (κ2) is 7.56. The van der Waals surface area contributed by atoms with E-state index in [4.69, 9.17) is 9.47 Å². The second-order valence-electron chi connectivity index (χ2n) is 7.48. The van der Waals surface area contributed by atoms with Crippen molar-refractivity contribution < 1.29 is 14.3 Å². The average molecular weight is 367 g/mol. The maximum atomic E-state index is 11.8. The van der Waals surface area contributed by atoms with Crippen molar-refractivity contribution in [3.8, 4) is 5.75 Å². The van der Waals surface area contributed by atoms with E-state index >= 15 is 0 Å². The second-order valence-corrected chi connectivity index (χ2v) is 7.48. The van der Waals surface area contributed by atoms with Gasteiger partial charge in [0.25, 0.3) is 0 Å². The maximum Gasteiger partial charge on any atom is 0.410 e. The van der Waals surface area contributed by atoms with Gasteiger partial charge in [0.2, 0.25) is 0 Å². The number of carbonyl (C=O) groups excluding carboxylic acids is 1. The minimum Gasteiger partial charge on any atom is -0.487 e. The van der Waals surface area contributed by atoms with Gasteiger partial charge in [0, 0.05) is 26.3 Å². The molecule has 0 saturated carbocycles. The molecule has 4 rings (SSSR count). The lowest BCUT2D eigenvalue weighted by atomic mass is 9.92. The SMILES string of the molecule is CN1C[C@@]2(CCCN(Cc3cccc(OCc4ccccn4)c3)C2)OC1=O. The Balaban J connectivity index is 1.37. The summed E-state index contributed by atoms with van der Waals surface area (Å²) in [6, 6.07) is 14.0. The number of benzene rings is 1. The first-order valence-electron chi connectivity index (χ1n) is 9.40. The molecule has 2 aromatic rings. The van der Waals surface area contributed by atoms with E-state index in [1.807, 2.05) is 30.3 Å². The summed E-state index contributed by atoms with van der Waals surface area (Å²) < 4.78 is 11.6. The molecule has 1 amide bonds. The lowest BCUT2D eigenvalue weighted by molar-refractivity contribution is -0.0113. The number of amides is 1. The molecule has 2 aliphatic rings. The molecule has 0 unspecified atom stereocenters. The minimum absolute atomic E-state index is 0.207. The third-order valence-electron chi connectivity index (χ3n) is 5.18. The number of carbonyl (C=O) groups is 1. The third kappa shape index (κ3) is 4.22. The fraction of sp³-hybridized carbons (Fsp3) is 0.429. The zero-order valence-corrected chi connectivity index (χ0v) is 15.6. The largest absolute Gasteiger partial charge is 0.487 e. The molecule has 3 heterocycles. The number of pyridine rings is 1. The van der Waals surface area contributed by atoms with Gasteiger partial charge < -0.3 is 14.4 Å². The van der Waals surface area contributed by atoms with Crippen LogP contribution in [0.15, 0.2) is 48.7 Å². The molecule has 2 aliphatic heterocycles. The molecule has 0 aliphatic carbocycles. The monoisotopic (exact) mass is 367 g/mol. The standard InChI is InChI=1S/C21H25N3O3/c1-23-15-21(27-20(23)25)9-5-11-24(16-21)13-17-6-4-8-19(12-17)26-14-18-7-2-3-10-22-18/h2-4,6-8,10,12H,5,9,11,13-16H2,1H3/t21-/m1/s1. The number of nitrogens with zero attached hydrogens (tertiary/aromatic N) is 3. The quantitative estimate of drug-likeness (QED) is 0.813. The zero-order chi connectivity index (χ0) is 18.7. The zero-order valence-electron chi connectivity index (χ0n) is 15.6. The number of hydrogen-bond acceptors (Lipinski definition) is 5. The molecular weight excluding hydrogens is 342 g/mol. The van der Waals surface area contributed by atoms with Crippen molar-refractivity contribution >= 4 is 6.09 Å². The predicted molar refractivity (Wildman–Crippen MR) is 101 cm³/mol. The van der Waals surface area contributed by atoms with E-state index in [1.54, 1.807) is 18.1 Å². The fourth-order valence-corrected chi connectivity index (χ4v) is 3.96. The molecule has 6 heteroatoms. The molecule has 0 N–H and O–H groups in total. The van der Waals surface area contributed by atoms with Crippen molar-refractivity contribution in [2.75, 3.05) is 26.7 Å². The van der Waals surface area contributed by atoms with Crippen LogP contribution in [0.5, 0.6) is 5.75 Å². The summed E-state index contributed by atoms with van der Waals surface area (Å²) in [6.45, 7) is 3.75. The van der Waals surface area contributed by atoms with Crippen LogP contribution in [-0.4, -0.2) is 53.2 Å². The Kier molecular flexibility index (Phi) is 4.99. The van der Waals surface area contributed by atoms with Crippen molar-refractivity contribution in [1.29, 1.82) is 0 Å². The van der Waals surface area contributed by atoms with Gasteiger partial charge in [-0.3, -0.25) is 9.88 Å². The number of rotatable bonds is 5. The molecule has 1 aromatic carbocycles. The number of piperidine rings is 1. The van der Waals surface area contributed by atoms with E-state index in [0.717, 1.165) is 43.9 Å². The summed E-state index contributed by atoms with van der Waals surface area (Å²) in [5, 5.41) is 0. The molecule has 0 bridgehead atoms. The van der Waals surface area contributed by atoms with Crippen LogP contribution in [0.3, 0.4) is 0 Å². The van der Waals surface area contributed by atoms with E-state index in [9.17, 15) is 4.79 Å². The van der Waals surface area contributed by atoms with Gasteiger partial charge in [0.05, 0.1) is 12.2 Å². The van der Waals surface area contributed by atoms with E-state index in [1.165, 1.54) is 5.56 Å². The van der Waals surface area contributed by atoms with Gasteiger partial charge in [-0.05, 0) is 49.2 Å². The Morgan fingerprint density at radius 2 is 2.15 bits per heavy atom. The van der Waals surface area contributed by atoms with Crippen LogP contribution in [0.2, 0.25) is 0 Å². The van der Waals surface area contributed by atoms with Gasteiger partial charge in [-0.1, -0.05) is 18.2 Å². The number of likely N-dealkylation sites (tertiary alicyclic amines) is 1. The van der Waals surface area contributed by atoms with Crippen molar-refractivity contribution in [3.63, 3.8) is 0 Å². The Labute approximate surface area is 159 Å². The smallest absolute Gasteiger partial charge is 0.410 e. The predicted octanol–water partition coefficient (Wildman–Crippen LogP) is 3.08. The van der Waals surface area contributed by atoms with E-state index < -0.39 is 0 Å². The van der Waals surface area contributed by atoms with Gasteiger partial charge in [0.1, 0.15) is 18.0 Å². The number of ether oxygens (including phenoxy) is 2. The van der Waals surface area contributed by atoms with E-state index in [0.29, 0.717) is 13.2 Å². The van der Waals surface area contributed by atoms with Crippen molar-refractivity contribution in [2.45, 2.75) is 31.6 Å². The van der Waals surface area contributed by atoms with Crippen molar-refractivity contribution in [1.82, 2.24) is 14.8 Å². The van der Waals surface area contributed by atoms with Gasteiger partial charge in [-0.25, -0.2) is 4.79 Å². The van der Waals surface area contributed by atoms with E-state index in [2.05, 4.69) is 22.0 Å². The molecular formula is C21H25N3O3. The lowest BCUT2D eigenvalue weighted by Gasteiger charge is -2.38. The minimum atomic E-state index is -0.350. The van der Waals surface area contributed by atoms with Gasteiger partial charge in [-0.15, -0.1) is 0 Å². The summed E-state index contributed by atoms with van der Waals surface area (Å²) in [4.78, 5) is 20.1. The first kappa shape index (κ1) is 17.8. The molecule has 142 valence electrons. The number of aromatic nitrogens is 1. The third-order valence-corrected chi connectivity index (χ3v) is 5.18. The van der Waals surface area contributed by atoms with Crippen LogP contribution in [0.25, 0.3) is 0 Å². The van der Waals surface area contributed by atoms with Gasteiger partial charge in [0.15, 0.2) is 0 Å². The number of likely N-dealkylation sites (N-methyl/N-ethyl adjacent to an activating group) is 1. The highest BCUT2D eigenvalue weighted by Gasteiger charge is 2.46. The normalized spacial score (nSPS) is 22.9. The summed E-state index contributed by atoms with van der Waals surface area (Å²) >= 11 is 0. The Morgan fingerprint density at radius 3 is 2.93 bits per heavy atom. The summed E-state index contributed by atoms with van der Waals surface area (Å²) in [5.41, 5.74) is 1.76. The highest BCUT2D eigenvalue weighted by molar-refractivity contribution is 5.70. The lowest BCUT2D eigenvalue weighted by Crippen LogP contribution is -2.50. The van der Waals surface area contributed by atoms with Crippen LogP contribution in [0.1, 0.15) is 24.1 Å². The van der Waals surface area contributed by atoms with Crippen LogP contribution in [-0.2, 0) is 17.9 Å². The molecule has 27 heavy (non-hydrogen) atoms. The van der Waals surface area contributed by atoms with Gasteiger partial charge in [-0.2, -0.15) is 0 Å². The molecule has 0 radical (unpaired) electrons. The first-order chi connectivity index (χ1) is 13.1. The fourth-order valence-electron chi connectivity index (χ4n) is 3.96. The highest BCUT2D eigenvalue weighted by atomic mass is 16.6. The Bertz CT molecular complexity index is 798. The number of hydrogen-bond donors (Lipinski definition) is 0. The molecule has 1 spiro atoms. The first-order valence-corrected chi connectivity index (χ1v) is 9.40. The van der Waals surface area contributed by atoms with Gasteiger partial charge >= 0.3 is 6.09 Å². The van der Waals surface area contributed by atoms with Crippen LogP contribution in [0, 0.1) is 0 Å². The summed E-state index contributed by atoms with van der Waals surface area (Å²) in [5.74, 6) is 0.844. The molecule has 1 atom stereocenters. The summed E-state index contributed by atoms with van der Waals surface area (Å²) in [7, 11) is 1.80. The van der Waals surface area contributed by atoms with Crippen LogP contribution in [0.4, 0.5) is 4.79 Å². The molecule has 1 aromatic heterocycles.